The molecule has 24 nitrogen and oxygen atoms in total. The van der Waals surface area contributed by atoms with Crippen molar-refractivity contribution in [3.05, 3.63) is 0 Å². The first-order valence-corrected chi connectivity index (χ1v) is 47.8. The van der Waals surface area contributed by atoms with Crippen LogP contribution in [0, 0.1) is 0 Å². The summed E-state index contributed by atoms with van der Waals surface area (Å²) in [6.45, 7) is 13.1. The summed E-state index contributed by atoms with van der Waals surface area (Å²) in [6.07, 6.45) is 11.2. The maximum absolute atomic E-state index is 10.4. The van der Waals surface area contributed by atoms with E-state index < -0.39 is 72.5 Å². The standard InChI is InChI=1S/C12H30Cl2O7Si3.C8H17Cl3Si.C4H14O7Si2.C2H5Cl3OSi.C2H7ClO3Si.C2H8O4Si.2ClH.2H2O/c1-4-7-8-9-10-11-12-22(13,14)20-24(17,19-6-3)21-23(15,16)18-5-2;1-2-3-4-5-6-7-8-12(9,10)11;1-3-9-12(5,6)11-13(7,8)10-4-2;3*1-2-6-7(3,4)5;;;;/h15-17H,4-12H2,1-3H3;2-8H2,1H3;5-8H,3-4H2,1-2H3;2H2,1H3;4-5H,2H2,1H3;3-5H,2H2,1H3;2*1H;2*1H2/p-1. The van der Waals surface area contributed by atoms with Crippen molar-refractivity contribution in [2.45, 2.75) is 151 Å². The van der Waals surface area contributed by atoms with Crippen LogP contribution >= 0.6 is 125 Å². The molecule has 0 saturated heterocycles. The fourth-order valence-corrected chi connectivity index (χ4v) is 19.6. The van der Waals surface area contributed by atoms with Gasteiger partial charge in [0.25, 0.3) is 0 Å². The van der Waals surface area contributed by atoms with E-state index in [2.05, 4.69) is 40.1 Å². The van der Waals surface area contributed by atoms with Gasteiger partial charge in [-0.2, -0.15) is 0 Å². The van der Waals surface area contributed by atoms with Gasteiger partial charge in [-0.1, -0.05) is 135 Å². The van der Waals surface area contributed by atoms with Crippen LogP contribution in [0.1, 0.15) is 139 Å². The highest BCUT2D eigenvalue weighted by molar-refractivity contribution is 7.64. The first-order valence-electron chi connectivity index (χ1n) is 22.1. The summed E-state index contributed by atoms with van der Waals surface area (Å²) in [5.41, 5.74) is 0. The first-order chi connectivity index (χ1) is 31.7. The van der Waals surface area contributed by atoms with Gasteiger partial charge >= 0.3 is 72.5 Å². The fraction of sp³-hybridized carbons (Fsp3) is 1.00. The van der Waals surface area contributed by atoms with Crippen molar-refractivity contribution in [2.75, 3.05) is 46.2 Å². The smallest absolute Gasteiger partial charge is 0.671 e. The number of halogens is 11. The minimum absolute atomic E-state index is 0. The molecule has 0 aromatic heterocycles. The Balaban J connectivity index is -0.0000000882. The van der Waals surface area contributed by atoms with Crippen molar-refractivity contribution in [1.82, 2.24) is 0 Å². The Morgan fingerprint density at radius 3 is 0.865 bits per heavy atom. The van der Waals surface area contributed by atoms with Gasteiger partial charge in [-0.15, -0.1) is 80.2 Å². The summed E-state index contributed by atoms with van der Waals surface area (Å²) in [4.78, 5) is 106. The molecule has 44 heteroatoms. The molecule has 0 aromatic carbocycles. The van der Waals surface area contributed by atoms with Crippen molar-refractivity contribution in [1.29, 1.82) is 0 Å². The Morgan fingerprint density at radius 2 is 0.635 bits per heavy atom. The number of unbranched alkanes of at least 4 members (excludes halogenated alkanes) is 10. The average molecular weight is 1470 g/mol. The molecule has 0 aliphatic carbocycles. The van der Waals surface area contributed by atoms with Crippen molar-refractivity contribution in [3.8, 4) is 0 Å². The topological polar surface area (TPSA) is 397 Å². The molecule has 0 fully saturated rings. The summed E-state index contributed by atoms with van der Waals surface area (Å²) in [7, 11) is -25.7. The molecule has 1 unspecified atom stereocenters. The molecule has 0 rings (SSSR count). The second-order valence-corrected chi connectivity index (χ2v) is 48.6. The normalized spacial score (nSPS) is 12.7. The molecule has 0 spiro atoms. The predicted octanol–water partition coefficient (Wildman–Crippen LogP) is 5.77. The predicted molar refractivity (Wildman–Crippen MR) is 312 cm³/mol. The van der Waals surface area contributed by atoms with Crippen molar-refractivity contribution in [2.24, 2.45) is 0 Å². The Labute approximate surface area is 502 Å². The molecule has 0 heterocycles. The van der Waals surface area contributed by atoms with Crippen LogP contribution < -0.4 is 0 Å². The van der Waals surface area contributed by atoms with Crippen LogP contribution in [0.2, 0.25) is 12.1 Å². The SMILES string of the molecule is CCCCCCCC[Si](Cl)(Cl)Cl.CCCCCCCC[Si](Cl)(Cl)O[Si](O)(OCC)O[Si](O)(O)OCC.CCO[Si](Cl)(Cl)Cl.CCO[Si](O)(O)Cl.CCO[Si](O)(O)O.CCO[Si](O)(O)O[Si](O)(O)OCC.Cl.Cl.O.[OH-]. The fourth-order valence-electron chi connectivity index (χ4n) is 4.25. The molecular formula is C30H86Cl11O24Si9-. The van der Waals surface area contributed by atoms with Gasteiger partial charge in [0.15, 0.2) is 0 Å². The lowest BCUT2D eigenvalue weighted by molar-refractivity contribution is -0.00166. The van der Waals surface area contributed by atoms with E-state index >= 15 is 0 Å². The highest BCUT2D eigenvalue weighted by Crippen LogP contribution is 2.30. The van der Waals surface area contributed by atoms with Crippen molar-refractivity contribution >= 4 is 197 Å². The van der Waals surface area contributed by atoms with E-state index in [1.165, 1.54) is 58.8 Å². The molecule has 15 N–H and O–H groups in total. The summed E-state index contributed by atoms with van der Waals surface area (Å²) >= 11 is 50.4. The lowest BCUT2D eigenvalue weighted by Gasteiger charge is -2.31. The molecule has 464 valence electrons. The van der Waals surface area contributed by atoms with E-state index in [0.717, 1.165) is 38.1 Å². The summed E-state index contributed by atoms with van der Waals surface area (Å²) in [6, 6.07) is -1.10. The molecule has 0 aromatic rings. The Kier molecular flexibility index (Phi) is 76.2. The summed E-state index contributed by atoms with van der Waals surface area (Å²) < 4.78 is 45.8. The molecule has 74 heavy (non-hydrogen) atoms. The van der Waals surface area contributed by atoms with Gasteiger partial charge in [-0.25, -0.2) is 0 Å². The lowest BCUT2D eigenvalue weighted by Crippen LogP contribution is -2.60. The van der Waals surface area contributed by atoms with Crippen LogP contribution in [-0.2, 0) is 43.3 Å². The van der Waals surface area contributed by atoms with Crippen LogP contribution in [0.4, 0.5) is 0 Å². The Hall–Kier alpha value is 4.18. The zero-order valence-electron chi connectivity index (χ0n) is 43.0. The van der Waals surface area contributed by atoms with E-state index in [-0.39, 0.29) is 75.4 Å². The number of rotatable bonds is 34. The molecule has 0 radical (unpaired) electrons. The average Bonchev–Trinajstić information content (AvgIpc) is 3.13. The van der Waals surface area contributed by atoms with Gasteiger partial charge < -0.3 is 112 Å². The van der Waals surface area contributed by atoms with Crippen LogP contribution in [0.5, 0.6) is 0 Å². The van der Waals surface area contributed by atoms with Gasteiger partial charge in [0.05, 0.1) is 0 Å². The third-order valence-corrected chi connectivity index (χ3v) is 25.2. The highest BCUT2D eigenvalue weighted by Gasteiger charge is 2.57. The monoisotopic (exact) mass is 1470 g/mol. The van der Waals surface area contributed by atoms with Crippen LogP contribution in [0.15, 0.2) is 0 Å². The van der Waals surface area contributed by atoms with E-state index in [4.69, 9.17) is 160 Å². The minimum Gasteiger partial charge on any atom is -0.870 e. The third-order valence-electron chi connectivity index (χ3n) is 6.74. The molecule has 0 aliphatic rings. The summed E-state index contributed by atoms with van der Waals surface area (Å²) in [5, 5.41) is 0. The van der Waals surface area contributed by atoms with E-state index in [9.17, 15) is 14.4 Å². The van der Waals surface area contributed by atoms with Gasteiger partial charge in [-0.05, 0) is 60.6 Å². The van der Waals surface area contributed by atoms with Crippen LogP contribution in [0.25, 0.3) is 0 Å². The maximum atomic E-state index is 10.4. The minimum atomic E-state index is -4.56. The van der Waals surface area contributed by atoms with Crippen molar-refractivity contribution < 1.29 is 112 Å². The molecule has 0 saturated carbocycles. The summed E-state index contributed by atoms with van der Waals surface area (Å²) in [5.74, 6) is 0. The first kappa shape index (κ1) is 100. The Bertz CT molecular complexity index is 1120. The van der Waals surface area contributed by atoms with Crippen molar-refractivity contribution in [3.63, 3.8) is 0 Å². The van der Waals surface area contributed by atoms with E-state index in [1.54, 1.807) is 34.6 Å². The Morgan fingerprint density at radius 1 is 0.338 bits per heavy atom. The van der Waals surface area contributed by atoms with Gasteiger partial charge in [0, 0.05) is 46.2 Å². The maximum Gasteiger partial charge on any atom is 0.671 e. The number of hydrogen-bond acceptors (Lipinski definition) is 23. The van der Waals surface area contributed by atoms with E-state index in [1.807, 2.05) is 0 Å². The zero-order chi connectivity index (χ0) is 56.4. The van der Waals surface area contributed by atoms with Crippen LogP contribution in [0.3, 0.4) is 0 Å². The van der Waals surface area contributed by atoms with Gasteiger partial charge in [0.1, 0.15) is 0 Å². The third kappa shape index (κ3) is 92.6. The molecule has 1 atom stereocenters. The largest absolute Gasteiger partial charge is 0.870 e. The van der Waals surface area contributed by atoms with E-state index in [0.29, 0.717) is 12.7 Å². The molecule has 0 amide bonds. The quantitative estimate of drug-likeness (QED) is 0.0207. The zero-order valence-corrected chi connectivity index (χ0v) is 60.4. The number of hydrogen-bond donors (Lipinski definition) is 12. The lowest BCUT2D eigenvalue weighted by atomic mass is 10.1. The highest BCUT2D eigenvalue weighted by atomic mass is 35.8. The van der Waals surface area contributed by atoms with Gasteiger partial charge in [0.2, 0.25) is 0 Å². The molecular weight excluding hydrogens is 1390 g/mol. The second kappa shape index (κ2) is 56.3. The van der Waals surface area contributed by atoms with Crippen LogP contribution in [-0.4, -0.2) is 187 Å². The second-order valence-electron chi connectivity index (χ2n) is 13.3. The van der Waals surface area contributed by atoms with Gasteiger partial charge in [-0.3, -0.25) is 0 Å². The molecule has 0 aliphatic heterocycles. The molecule has 0 bridgehead atoms.